The van der Waals surface area contributed by atoms with Crippen LogP contribution in [-0.4, -0.2) is 64.6 Å². The third-order valence-electron chi connectivity index (χ3n) is 6.13. The molecule has 0 radical (unpaired) electrons. The number of nitrogens with zero attached hydrogens (tertiary/aromatic N) is 6. The summed E-state index contributed by atoms with van der Waals surface area (Å²) in [6.45, 7) is 3.91. The van der Waals surface area contributed by atoms with Crippen molar-refractivity contribution in [1.82, 2.24) is 19.4 Å². The van der Waals surface area contributed by atoms with Gasteiger partial charge in [0.15, 0.2) is 10.8 Å². The van der Waals surface area contributed by atoms with Gasteiger partial charge in [-0.15, -0.1) is 0 Å². The zero-order chi connectivity index (χ0) is 22.1. The second kappa shape index (κ2) is 8.85. The Morgan fingerprint density at radius 3 is 2.50 bits per heavy atom. The van der Waals surface area contributed by atoms with E-state index < -0.39 is 0 Å². The minimum absolute atomic E-state index is 0.0571. The van der Waals surface area contributed by atoms with Gasteiger partial charge in [-0.2, -0.15) is 4.98 Å². The molecule has 8 nitrogen and oxygen atoms in total. The van der Waals surface area contributed by atoms with Crippen molar-refractivity contribution in [2.75, 3.05) is 49.1 Å². The minimum Gasteiger partial charge on any atom is -0.366 e. The van der Waals surface area contributed by atoms with Gasteiger partial charge in [0.25, 0.3) is 5.56 Å². The molecule has 0 bridgehead atoms. The molecular weight excluding hydrogens is 431 g/mol. The number of carbonyl (C=O) groups excluding carboxylic acids is 1. The maximum absolute atomic E-state index is 14.0. The Balaban J connectivity index is 1.26. The molecule has 0 N–H and O–H groups in total. The van der Waals surface area contributed by atoms with Crippen LogP contribution in [0.1, 0.15) is 19.3 Å². The first-order valence-electron chi connectivity index (χ1n) is 11.0. The Bertz CT molecular complexity index is 1180. The molecule has 0 spiro atoms. The molecule has 168 valence electrons. The number of hydrogen-bond donors (Lipinski definition) is 0. The number of piperidine rings is 1. The largest absolute Gasteiger partial charge is 0.366 e. The fourth-order valence-corrected chi connectivity index (χ4v) is 5.34. The van der Waals surface area contributed by atoms with Crippen LogP contribution in [0.15, 0.2) is 35.4 Å². The molecule has 0 atom stereocenters. The van der Waals surface area contributed by atoms with Gasteiger partial charge >= 0.3 is 0 Å². The lowest BCUT2D eigenvalue weighted by Gasteiger charge is -2.36. The van der Waals surface area contributed by atoms with Crippen molar-refractivity contribution in [3.8, 4) is 0 Å². The molecule has 32 heavy (non-hydrogen) atoms. The van der Waals surface area contributed by atoms with E-state index in [9.17, 15) is 14.0 Å². The molecule has 1 amide bonds. The summed E-state index contributed by atoms with van der Waals surface area (Å²) in [6.07, 6.45) is 4.90. The zero-order valence-corrected chi connectivity index (χ0v) is 18.6. The predicted octanol–water partition coefficient (Wildman–Crippen LogP) is 2.33. The molecule has 5 rings (SSSR count). The van der Waals surface area contributed by atoms with Crippen molar-refractivity contribution in [1.29, 1.82) is 0 Å². The van der Waals surface area contributed by atoms with Crippen molar-refractivity contribution >= 4 is 38.4 Å². The predicted molar refractivity (Wildman–Crippen MR) is 123 cm³/mol. The normalized spacial score (nSPS) is 17.2. The first-order valence-corrected chi connectivity index (χ1v) is 11.8. The molecule has 2 aliphatic heterocycles. The van der Waals surface area contributed by atoms with Gasteiger partial charge in [0.1, 0.15) is 23.4 Å². The summed E-state index contributed by atoms with van der Waals surface area (Å²) in [5.74, 6) is -0.395. The lowest BCUT2D eigenvalue weighted by Crippen LogP contribution is -2.50. The number of fused-ring (bicyclic) bond motifs is 1. The lowest BCUT2D eigenvalue weighted by atomic mass is 10.1. The van der Waals surface area contributed by atoms with Crippen molar-refractivity contribution < 1.29 is 9.18 Å². The van der Waals surface area contributed by atoms with E-state index in [-0.39, 0.29) is 23.8 Å². The number of thiazole rings is 1. The van der Waals surface area contributed by atoms with E-state index in [0.717, 1.165) is 31.1 Å². The van der Waals surface area contributed by atoms with Gasteiger partial charge in [-0.25, -0.2) is 9.37 Å². The number of aromatic nitrogens is 3. The van der Waals surface area contributed by atoms with Crippen LogP contribution < -0.4 is 15.4 Å². The van der Waals surface area contributed by atoms with Gasteiger partial charge in [-0.3, -0.25) is 14.2 Å². The Morgan fingerprint density at radius 2 is 1.75 bits per heavy atom. The molecule has 4 heterocycles. The minimum atomic E-state index is -0.258. The molecule has 0 saturated carbocycles. The number of piperazine rings is 1. The number of carbonyl (C=O) groups is 1. The van der Waals surface area contributed by atoms with Crippen molar-refractivity contribution in [2.24, 2.45) is 0 Å². The first kappa shape index (κ1) is 20.9. The summed E-state index contributed by atoms with van der Waals surface area (Å²) < 4.78 is 15.9. The fourth-order valence-electron chi connectivity index (χ4n) is 4.32. The van der Waals surface area contributed by atoms with Crippen LogP contribution in [0.5, 0.6) is 0 Å². The first-order chi connectivity index (χ1) is 15.6. The molecule has 2 saturated heterocycles. The smallest absolute Gasteiger partial charge is 0.273 e. The van der Waals surface area contributed by atoms with Gasteiger partial charge in [-0.1, -0.05) is 23.5 Å². The summed E-state index contributed by atoms with van der Waals surface area (Å²) >= 11 is 1.36. The van der Waals surface area contributed by atoms with Crippen LogP contribution in [0.3, 0.4) is 0 Å². The van der Waals surface area contributed by atoms with E-state index in [2.05, 4.69) is 14.9 Å². The summed E-state index contributed by atoms with van der Waals surface area (Å²) in [6, 6.07) is 6.67. The maximum Gasteiger partial charge on any atom is 0.273 e. The summed E-state index contributed by atoms with van der Waals surface area (Å²) in [7, 11) is 0. The Kier molecular flexibility index (Phi) is 5.77. The second-order valence-corrected chi connectivity index (χ2v) is 9.17. The molecule has 10 heteroatoms. The quantitative estimate of drug-likeness (QED) is 0.600. The molecule has 2 fully saturated rings. The highest BCUT2D eigenvalue weighted by atomic mass is 32.1. The van der Waals surface area contributed by atoms with Gasteiger partial charge in [0, 0.05) is 39.3 Å². The van der Waals surface area contributed by atoms with Crippen molar-refractivity contribution in [3.05, 3.63) is 46.8 Å². The molecular formula is C22H25FN6O2S. The Labute approximate surface area is 188 Å². The van der Waals surface area contributed by atoms with E-state index >= 15 is 0 Å². The van der Waals surface area contributed by atoms with E-state index in [1.54, 1.807) is 17.0 Å². The summed E-state index contributed by atoms with van der Waals surface area (Å²) in [5.41, 5.74) is 0.775. The van der Waals surface area contributed by atoms with Crippen LogP contribution in [-0.2, 0) is 11.3 Å². The van der Waals surface area contributed by atoms with Crippen molar-refractivity contribution in [2.45, 2.75) is 25.8 Å². The molecule has 0 aliphatic carbocycles. The second-order valence-electron chi connectivity index (χ2n) is 8.19. The number of amides is 1. The van der Waals surface area contributed by atoms with Crippen LogP contribution in [0.4, 0.5) is 15.2 Å². The highest BCUT2D eigenvalue weighted by Crippen LogP contribution is 2.27. The average molecular weight is 457 g/mol. The molecule has 3 aromatic rings. The van der Waals surface area contributed by atoms with Crippen LogP contribution in [0.2, 0.25) is 0 Å². The molecule has 0 unspecified atom stereocenters. The van der Waals surface area contributed by atoms with Crippen molar-refractivity contribution in [3.63, 3.8) is 0 Å². The number of halogens is 1. The number of para-hydroxylation sites is 1. The van der Waals surface area contributed by atoms with Crippen LogP contribution in [0.25, 0.3) is 10.3 Å². The van der Waals surface area contributed by atoms with Gasteiger partial charge in [-0.05, 0) is 31.4 Å². The number of rotatable bonds is 4. The van der Waals surface area contributed by atoms with Gasteiger partial charge < -0.3 is 14.7 Å². The molecule has 2 aromatic heterocycles. The number of benzene rings is 1. The van der Waals surface area contributed by atoms with E-state index in [1.165, 1.54) is 34.7 Å². The van der Waals surface area contributed by atoms with E-state index in [0.29, 0.717) is 42.2 Å². The Hall–Kier alpha value is -3.01. The van der Waals surface area contributed by atoms with E-state index in [1.807, 2.05) is 11.0 Å². The third kappa shape index (κ3) is 4.06. The summed E-state index contributed by atoms with van der Waals surface area (Å²) in [5, 5.41) is 0.831. The van der Waals surface area contributed by atoms with Gasteiger partial charge in [0.05, 0.1) is 5.69 Å². The number of hydrogen-bond acceptors (Lipinski definition) is 7. The average Bonchev–Trinajstić information content (AvgIpc) is 3.27. The number of anilines is 2. The monoisotopic (exact) mass is 456 g/mol. The van der Waals surface area contributed by atoms with E-state index in [4.69, 9.17) is 0 Å². The lowest BCUT2D eigenvalue weighted by molar-refractivity contribution is -0.132. The fraction of sp³-hybridized carbons (Fsp3) is 0.455. The molecule has 1 aromatic carbocycles. The third-order valence-corrected chi connectivity index (χ3v) is 7.22. The standard InChI is InChI=1S/C22H25FN6O2S/c23-16-6-2-3-7-17(16)26-10-12-27(13-11-26)18(30)14-29-15-24-20-19(21(29)31)32-22(25-20)28-8-4-1-5-9-28/h2-3,6-7,15H,1,4-5,8-14H2. The maximum atomic E-state index is 14.0. The topological polar surface area (TPSA) is 74.6 Å². The highest BCUT2D eigenvalue weighted by molar-refractivity contribution is 7.22. The van der Waals surface area contributed by atoms with Crippen LogP contribution >= 0.6 is 11.3 Å². The SMILES string of the molecule is O=C(Cn1cnc2nc(N3CCCCC3)sc2c1=O)N1CCN(c2ccccc2F)CC1. The molecule has 2 aliphatic rings. The Morgan fingerprint density at radius 1 is 1.00 bits per heavy atom. The highest BCUT2D eigenvalue weighted by Gasteiger charge is 2.24. The van der Waals surface area contributed by atoms with Gasteiger partial charge in [0.2, 0.25) is 5.91 Å². The summed E-state index contributed by atoms with van der Waals surface area (Å²) in [4.78, 5) is 40.6. The van der Waals surface area contributed by atoms with Crippen LogP contribution in [0, 0.1) is 5.82 Å². The zero-order valence-electron chi connectivity index (χ0n) is 17.7.